The largest absolute Gasteiger partial charge is 0.756 e. The summed E-state index contributed by atoms with van der Waals surface area (Å²) in [7, 11) is -15.5. The lowest BCUT2D eigenvalue weighted by molar-refractivity contribution is -0.252. The fourth-order valence-corrected chi connectivity index (χ4v) is 9.36. The Hall–Kier alpha value is -3.11. The number of nitrogen functional groups attached to an aromatic ring is 1. The highest BCUT2D eigenvalue weighted by Crippen LogP contribution is 2.63. The predicted molar refractivity (Wildman–Crippen MR) is 167 cm³/mol. The summed E-state index contributed by atoms with van der Waals surface area (Å²) in [6.07, 6.45) is -12.6. The molecule has 6 unspecified atom stereocenters. The van der Waals surface area contributed by atoms with E-state index in [1.165, 1.54) is 4.90 Å². The lowest BCUT2D eigenvalue weighted by Crippen LogP contribution is -2.49. The first-order valence-electron chi connectivity index (χ1n) is 15.0. The van der Waals surface area contributed by atoms with Crippen molar-refractivity contribution in [2.24, 2.45) is 10.7 Å². The molecule has 2 aromatic heterocycles. The van der Waals surface area contributed by atoms with Gasteiger partial charge in [-0.15, -0.1) is 0 Å². The number of fused-ring (bicyclic) bond motifs is 1. The van der Waals surface area contributed by atoms with Gasteiger partial charge in [-0.3, -0.25) is 28.0 Å². The van der Waals surface area contributed by atoms with Crippen LogP contribution in [-0.4, -0.2) is 139 Å². The number of guanidine groups is 1. The number of aliphatic hydroxyl groups is 4. The van der Waals surface area contributed by atoms with Crippen LogP contribution in [0.5, 0.6) is 0 Å². The van der Waals surface area contributed by atoms with Gasteiger partial charge in [0.1, 0.15) is 48.1 Å². The molecule has 4 aliphatic rings. The summed E-state index contributed by atoms with van der Waals surface area (Å²) in [5.74, 6) is -0.243. The molecule has 0 radical (unpaired) electrons. The van der Waals surface area contributed by atoms with Crippen molar-refractivity contribution in [2.45, 2.75) is 55.3 Å². The van der Waals surface area contributed by atoms with Crippen molar-refractivity contribution in [3.8, 4) is 0 Å². The summed E-state index contributed by atoms with van der Waals surface area (Å²) in [5.41, 5.74) is 10.4. The zero-order chi connectivity index (χ0) is 38.8. The Morgan fingerprint density at radius 1 is 0.981 bits per heavy atom. The number of methoxy groups -OCH3 is 1. The van der Waals surface area contributed by atoms with Gasteiger partial charge in [-0.1, -0.05) is 0 Å². The van der Waals surface area contributed by atoms with E-state index in [9.17, 15) is 53.6 Å². The molecule has 4 aliphatic heterocycles. The quantitative estimate of drug-likeness (QED) is 0.0872. The molecule has 0 bridgehead atoms. The third kappa shape index (κ3) is 8.00. The summed E-state index contributed by atoms with van der Waals surface area (Å²) >= 11 is 0. The van der Waals surface area contributed by atoms with Crippen LogP contribution in [0.1, 0.15) is 9.08 Å². The second-order valence-corrected chi connectivity index (χ2v) is 16.2. The summed E-state index contributed by atoms with van der Waals surface area (Å²) in [6, 6.07) is 0. The van der Waals surface area contributed by atoms with Gasteiger partial charge in [-0.25, -0.2) is 18.6 Å². The van der Waals surface area contributed by atoms with E-state index in [0.717, 1.165) is 18.0 Å². The van der Waals surface area contributed by atoms with E-state index in [4.69, 9.17) is 25.7 Å². The highest BCUT2D eigenvalue weighted by Gasteiger charge is 2.51. The molecule has 12 atom stereocenters. The third-order valence-electron chi connectivity index (χ3n) is 8.20. The molecule has 2 aromatic rings. The fourth-order valence-electron chi connectivity index (χ4n) is 5.98. The number of rotatable bonds is 13. The minimum absolute atomic E-state index is 0. The zero-order valence-electron chi connectivity index (χ0n) is 27.1. The summed E-state index contributed by atoms with van der Waals surface area (Å²) in [6.45, 7) is -2.16. The molecule has 53 heavy (non-hydrogen) atoms. The van der Waals surface area contributed by atoms with Crippen LogP contribution < -0.4 is 37.0 Å². The monoisotopic (exact) mass is 821 g/mol. The highest BCUT2D eigenvalue weighted by molar-refractivity contribution is 7.65. The summed E-state index contributed by atoms with van der Waals surface area (Å²) < 4.78 is 71.3. The van der Waals surface area contributed by atoms with Crippen molar-refractivity contribution in [3.63, 3.8) is 0 Å². The molecular weight excluding hydrogens is 785 g/mol. The molecule has 28 nitrogen and oxygen atoms in total. The van der Waals surface area contributed by atoms with Crippen LogP contribution in [0.25, 0.3) is 11.2 Å². The third-order valence-corrected chi connectivity index (χ3v) is 12.3. The molecule has 0 saturated carbocycles. The standard InChI is InChI=1S/C22H35N10O18P3.2H2/c1-30-6-32(16-10(30)18(37)29-22(24)27-16)20-13(35)14(44-2)8(48-20)4-46-52(40,41)50-53(42,43)49-51(38,39)45-3-7-11(33)12(34)19(47-7)31-5-25-9-15(31)26-21(23)28-17(9)36;;/h5,7-8,11-14,18-20,33-35,37H,3-4,6H2,1-2H3,(H,38,39)(H,40,41)(H,42,43)(H3,24,27,29)(H3,23,26,28,36);2*1H/p-3/t7-,8+,11+,12?,13-,14?,18?,19-,20+;;/m1../s1. The van der Waals surface area contributed by atoms with Crippen LogP contribution in [0.15, 0.2) is 27.6 Å². The number of H-pyrrole nitrogens is 1. The van der Waals surface area contributed by atoms with Gasteiger partial charge in [0, 0.05) is 17.0 Å². The van der Waals surface area contributed by atoms with E-state index in [1.54, 1.807) is 11.9 Å². The summed E-state index contributed by atoms with van der Waals surface area (Å²) in [4.78, 5) is 65.9. The van der Waals surface area contributed by atoms with Crippen molar-refractivity contribution in [3.05, 3.63) is 28.2 Å². The van der Waals surface area contributed by atoms with E-state index < -0.39 is 97.5 Å². The number of anilines is 1. The first-order valence-corrected chi connectivity index (χ1v) is 19.3. The number of imidazole rings is 1. The normalized spacial score (nSPS) is 33.8. The number of aliphatic imine (C=N–C) groups is 1. The van der Waals surface area contributed by atoms with Crippen molar-refractivity contribution in [1.29, 1.82) is 0 Å². The van der Waals surface area contributed by atoms with Gasteiger partial charge < -0.3 is 84.9 Å². The minimum atomic E-state index is -6.34. The zero-order valence-corrected chi connectivity index (χ0v) is 29.8. The van der Waals surface area contributed by atoms with Crippen LogP contribution in [0, 0.1) is 0 Å². The molecule has 2 fully saturated rings. The number of phosphoric ester groups is 2. The Balaban J connectivity index is 0.00000336. The highest BCUT2D eigenvalue weighted by atomic mass is 31.3. The lowest BCUT2D eigenvalue weighted by Gasteiger charge is -2.35. The van der Waals surface area contributed by atoms with E-state index in [0.29, 0.717) is 0 Å². The Morgan fingerprint density at radius 3 is 2.25 bits per heavy atom. The topological polar surface area (TPSA) is 412 Å². The maximum atomic E-state index is 12.5. The first-order chi connectivity index (χ1) is 24.7. The molecule has 0 aromatic carbocycles. The maximum absolute atomic E-state index is 12.5. The molecule has 10 N–H and O–H groups in total. The van der Waals surface area contributed by atoms with Gasteiger partial charge in [0.15, 0.2) is 35.8 Å². The molecule has 31 heteroatoms. The number of hydrogen-bond acceptors (Lipinski definition) is 26. The van der Waals surface area contributed by atoms with Crippen LogP contribution in [0.4, 0.5) is 5.95 Å². The maximum Gasteiger partial charge on any atom is 0.280 e. The van der Waals surface area contributed by atoms with E-state index in [2.05, 4.69) is 42.9 Å². The molecule has 0 aliphatic carbocycles. The predicted octanol–water partition coefficient (Wildman–Crippen LogP) is -6.00. The number of nitrogens with one attached hydrogen (secondary N) is 2. The van der Waals surface area contributed by atoms with E-state index >= 15 is 0 Å². The number of aromatic nitrogens is 4. The number of phosphoric acid groups is 3. The summed E-state index contributed by atoms with van der Waals surface area (Å²) in [5, 5.41) is 44.9. The molecule has 0 amide bonds. The van der Waals surface area contributed by atoms with Crippen molar-refractivity contribution < 1.29 is 83.5 Å². The fraction of sp³-hybridized carbons (Fsp3) is 0.636. The molecular formula is C22H36N10O18P3-3. The van der Waals surface area contributed by atoms with Gasteiger partial charge >= 0.3 is 0 Å². The average Bonchev–Trinajstić information content (AvgIpc) is 3.76. The minimum Gasteiger partial charge on any atom is -0.756 e. The van der Waals surface area contributed by atoms with Crippen LogP contribution in [-0.2, 0) is 45.6 Å². The number of nitrogens with zero attached hydrogens (tertiary/aromatic N) is 6. The number of ether oxygens (including phenoxy) is 3. The molecule has 2 saturated heterocycles. The Labute approximate surface area is 298 Å². The van der Waals surface area contributed by atoms with Gasteiger partial charge in [0.05, 0.1) is 26.2 Å². The average molecular weight is 822 g/mol. The van der Waals surface area contributed by atoms with Gasteiger partial charge in [-0.05, 0) is 0 Å². The Kier molecular flexibility index (Phi) is 10.8. The van der Waals surface area contributed by atoms with Crippen LogP contribution in [0.3, 0.4) is 0 Å². The number of nitrogens with two attached hydrogens (primary N) is 2. The van der Waals surface area contributed by atoms with Gasteiger partial charge in [0.2, 0.25) is 5.95 Å². The van der Waals surface area contributed by atoms with Crippen molar-refractivity contribution in [2.75, 3.05) is 39.8 Å². The molecule has 6 heterocycles. The number of likely N-dealkylation sites (N-methyl/N-ethyl adjacent to an activating group) is 1. The molecule has 6 rings (SSSR count). The number of aliphatic hydroxyl groups excluding tert-OH is 4. The Morgan fingerprint density at radius 2 is 1.60 bits per heavy atom. The van der Waals surface area contributed by atoms with Crippen molar-refractivity contribution in [1.82, 2.24) is 34.6 Å². The van der Waals surface area contributed by atoms with Crippen LogP contribution in [0.2, 0.25) is 0 Å². The lowest BCUT2D eigenvalue weighted by atomic mass is 10.1. The second kappa shape index (κ2) is 14.5. The number of aromatic amines is 1. The van der Waals surface area contributed by atoms with E-state index in [-0.39, 0.29) is 44.1 Å². The number of hydrogen-bond donors (Lipinski definition) is 8. The van der Waals surface area contributed by atoms with Gasteiger partial charge in [-0.2, -0.15) is 4.98 Å². The smallest absolute Gasteiger partial charge is 0.280 e. The van der Waals surface area contributed by atoms with Crippen LogP contribution >= 0.6 is 23.5 Å². The second-order valence-electron chi connectivity index (χ2n) is 11.7. The SMILES string of the molecule is COC1[C@H](COP(=O)([O-])OP(=O)([O-])OP(=O)([O-])OC[C@H]2O[C@@H](n3cnc4c(=O)[nH]c(N)nc43)C(O)[C@H]2O)O[C@H](N2CN(C)C3=C2NC(N)=NC3O)[C@@H]1O.[HH].[HH]. The molecule has 300 valence electrons. The Bertz CT molecular complexity index is 2010. The molecule has 0 spiro atoms. The van der Waals surface area contributed by atoms with Gasteiger partial charge in [0.25, 0.3) is 29.0 Å². The van der Waals surface area contributed by atoms with E-state index in [1.807, 2.05) is 0 Å². The first kappa shape index (κ1) is 39.6. The van der Waals surface area contributed by atoms with Crippen molar-refractivity contribution >= 4 is 46.5 Å².